The van der Waals surface area contributed by atoms with Gasteiger partial charge in [0.1, 0.15) is 10.3 Å². The number of likely N-dealkylation sites (tertiary alicyclic amines) is 1. The molecule has 0 aliphatic carbocycles. The highest BCUT2D eigenvalue weighted by Crippen LogP contribution is 2.31. The summed E-state index contributed by atoms with van der Waals surface area (Å²) in [5.41, 5.74) is 0.507. The predicted molar refractivity (Wildman–Crippen MR) is 121 cm³/mol. The average molecular weight is 490 g/mol. The van der Waals surface area contributed by atoms with E-state index in [2.05, 4.69) is 14.9 Å². The minimum absolute atomic E-state index is 0.0615. The van der Waals surface area contributed by atoms with Gasteiger partial charge in [-0.1, -0.05) is 23.5 Å². The van der Waals surface area contributed by atoms with Crippen LogP contribution in [0.2, 0.25) is 0 Å². The number of aromatic nitrogens is 2. The molecule has 0 spiro atoms. The molecule has 1 aromatic carbocycles. The lowest BCUT2D eigenvalue weighted by atomic mass is 10.1. The van der Waals surface area contributed by atoms with Gasteiger partial charge in [-0.2, -0.15) is 13.2 Å². The van der Waals surface area contributed by atoms with Crippen LogP contribution in [0.4, 0.5) is 18.3 Å². The topological polar surface area (TPSA) is 69.6 Å². The van der Waals surface area contributed by atoms with Crippen molar-refractivity contribution < 1.29 is 22.8 Å². The van der Waals surface area contributed by atoms with Crippen molar-refractivity contribution in [2.75, 3.05) is 37.6 Å². The Labute approximate surface area is 197 Å². The first-order valence-corrected chi connectivity index (χ1v) is 11.8. The monoisotopic (exact) mass is 489 g/mol. The Morgan fingerprint density at radius 3 is 2.65 bits per heavy atom. The van der Waals surface area contributed by atoms with Gasteiger partial charge in [-0.25, -0.2) is 9.97 Å². The average Bonchev–Trinajstić information content (AvgIpc) is 3.42. The van der Waals surface area contributed by atoms with Crippen LogP contribution < -0.4 is 4.90 Å². The van der Waals surface area contributed by atoms with E-state index in [0.717, 1.165) is 27.6 Å². The standard InChI is InChI=1S/C23H22F3N5O2S/c24-23(25,26)17-4-1-3-15(11-17)13-31-14-16(12-19(31)32)21(33)29-7-9-30(10-8-29)22-28-18-5-2-6-27-20(18)34-22/h1-6,11,16H,7-10,12-14H2. The Hall–Kier alpha value is -3.21. The summed E-state index contributed by atoms with van der Waals surface area (Å²) in [5.74, 6) is -0.765. The van der Waals surface area contributed by atoms with E-state index in [0.29, 0.717) is 31.7 Å². The number of amides is 2. The number of alkyl halides is 3. The molecule has 4 heterocycles. The highest BCUT2D eigenvalue weighted by molar-refractivity contribution is 7.21. The first-order chi connectivity index (χ1) is 16.3. The summed E-state index contributed by atoms with van der Waals surface area (Å²) < 4.78 is 38.9. The van der Waals surface area contributed by atoms with Crippen LogP contribution >= 0.6 is 11.3 Å². The summed E-state index contributed by atoms with van der Waals surface area (Å²) in [6, 6.07) is 8.73. The number of carbonyl (C=O) groups is 2. The van der Waals surface area contributed by atoms with Gasteiger partial charge in [0.2, 0.25) is 11.8 Å². The Morgan fingerprint density at radius 2 is 1.91 bits per heavy atom. The van der Waals surface area contributed by atoms with Crippen LogP contribution in [0.5, 0.6) is 0 Å². The van der Waals surface area contributed by atoms with Crippen molar-refractivity contribution in [1.29, 1.82) is 0 Å². The van der Waals surface area contributed by atoms with Crippen molar-refractivity contribution in [3.63, 3.8) is 0 Å². The highest BCUT2D eigenvalue weighted by atomic mass is 32.1. The second-order valence-electron chi connectivity index (χ2n) is 8.51. The first-order valence-electron chi connectivity index (χ1n) is 11.0. The molecule has 2 fully saturated rings. The van der Waals surface area contributed by atoms with Crippen LogP contribution in [0.1, 0.15) is 17.5 Å². The first kappa shape index (κ1) is 22.6. The highest BCUT2D eigenvalue weighted by Gasteiger charge is 2.38. The summed E-state index contributed by atoms with van der Waals surface area (Å²) in [7, 11) is 0. The molecule has 2 aliphatic heterocycles. The molecule has 2 aliphatic rings. The molecule has 5 rings (SSSR count). The quantitative estimate of drug-likeness (QED) is 0.562. The van der Waals surface area contributed by atoms with E-state index in [4.69, 9.17) is 0 Å². The van der Waals surface area contributed by atoms with Crippen LogP contribution in [0.15, 0.2) is 42.6 Å². The maximum absolute atomic E-state index is 13.1. The van der Waals surface area contributed by atoms with E-state index in [1.54, 1.807) is 17.2 Å². The van der Waals surface area contributed by atoms with Gasteiger partial charge in [-0.15, -0.1) is 0 Å². The zero-order valence-electron chi connectivity index (χ0n) is 18.2. The van der Waals surface area contributed by atoms with Gasteiger partial charge in [0.25, 0.3) is 0 Å². The molecule has 3 aromatic rings. The van der Waals surface area contributed by atoms with E-state index >= 15 is 0 Å². The number of rotatable bonds is 4. The molecule has 7 nitrogen and oxygen atoms in total. The molecule has 2 saturated heterocycles. The molecule has 1 atom stereocenters. The molecule has 2 aromatic heterocycles. The number of carbonyl (C=O) groups excluding carboxylic acids is 2. The van der Waals surface area contributed by atoms with E-state index < -0.39 is 17.7 Å². The second kappa shape index (κ2) is 8.86. The van der Waals surface area contributed by atoms with Crippen molar-refractivity contribution >= 4 is 38.6 Å². The number of piperazine rings is 1. The fourth-order valence-electron chi connectivity index (χ4n) is 4.43. The number of hydrogen-bond acceptors (Lipinski definition) is 6. The zero-order valence-corrected chi connectivity index (χ0v) is 19.0. The van der Waals surface area contributed by atoms with Crippen LogP contribution in [-0.4, -0.2) is 64.3 Å². The van der Waals surface area contributed by atoms with Crippen LogP contribution in [0, 0.1) is 5.92 Å². The minimum Gasteiger partial charge on any atom is -0.344 e. The largest absolute Gasteiger partial charge is 0.416 e. The van der Waals surface area contributed by atoms with E-state index in [1.807, 2.05) is 12.1 Å². The molecule has 0 bridgehead atoms. The second-order valence-corrected chi connectivity index (χ2v) is 9.47. The van der Waals surface area contributed by atoms with Crippen LogP contribution in [-0.2, 0) is 22.3 Å². The molecule has 1 unspecified atom stereocenters. The normalized spacial score (nSPS) is 19.3. The Balaban J connectivity index is 1.18. The Bertz CT molecular complexity index is 1190. The number of hydrogen-bond donors (Lipinski definition) is 0. The van der Waals surface area contributed by atoms with Gasteiger partial charge in [-0.3, -0.25) is 9.59 Å². The summed E-state index contributed by atoms with van der Waals surface area (Å²) in [5, 5.41) is 0.879. The van der Waals surface area contributed by atoms with E-state index in [-0.39, 0.29) is 31.3 Å². The summed E-state index contributed by atoms with van der Waals surface area (Å²) in [6.45, 7) is 2.62. The molecule has 0 radical (unpaired) electrons. The third kappa shape index (κ3) is 4.56. The number of pyridine rings is 1. The lowest BCUT2D eigenvalue weighted by molar-refractivity contribution is -0.137. The maximum Gasteiger partial charge on any atom is 0.416 e. The number of fused-ring (bicyclic) bond motifs is 1. The SMILES string of the molecule is O=C1CC(C(=O)N2CCN(c3nc4cccnc4s3)CC2)CN1Cc1cccc(C(F)(F)F)c1. The molecular formula is C23H22F3N5O2S. The number of halogens is 3. The fourth-order valence-corrected chi connectivity index (χ4v) is 5.39. The van der Waals surface area contributed by atoms with Crippen LogP contribution in [0.25, 0.3) is 10.3 Å². The lowest BCUT2D eigenvalue weighted by Crippen LogP contribution is -2.50. The molecule has 178 valence electrons. The minimum atomic E-state index is -4.44. The fraction of sp³-hybridized carbons (Fsp3) is 0.391. The molecule has 0 N–H and O–H groups in total. The summed E-state index contributed by atoms with van der Waals surface area (Å²) in [6.07, 6.45) is -2.62. The van der Waals surface area contributed by atoms with Crippen molar-refractivity contribution in [1.82, 2.24) is 19.8 Å². The number of benzene rings is 1. The summed E-state index contributed by atoms with van der Waals surface area (Å²) in [4.78, 5) is 40.8. The molecule has 0 saturated carbocycles. The Kier molecular flexibility index (Phi) is 5.88. The molecule has 11 heteroatoms. The van der Waals surface area contributed by atoms with Crippen LogP contribution in [0.3, 0.4) is 0 Å². The maximum atomic E-state index is 13.1. The van der Waals surface area contributed by atoms with Gasteiger partial charge in [0, 0.05) is 51.9 Å². The van der Waals surface area contributed by atoms with Gasteiger partial charge in [0.05, 0.1) is 11.5 Å². The summed E-state index contributed by atoms with van der Waals surface area (Å²) >= 11 is 1.52. The Morgan fingerprint density at radius 1 is 1.12 bits per heavy atom. The van der Waals surface area contributed by atoms with Crippen molar-refractivity contribution in [3.8, 4) is 0 Å². The zero-order chi connectivity index (χ0) is 23.9. The van der Waals surface area contributed by atoms with E-state index in [9.17, 15) is 22.8 Å². The smallest absolute Gasteiger partial charge is 0.344 e. The number of anilines is 1. The third-order valence-corrected chi connectivity index (χ3v) is 7.25. The van der Waals surface area contributed by atoms with Gasteiger partial charge in [0.15, 0.2) is 5.13 Å². The molecular weight excluding hydrogens is 467 g/mol. The lowest BCUT2D eigenvalue weighted by Gasteiger charge is -2.35. The number of thiazole rings is 1. The van der Waals surface area contributed by atoms with Gasteiger partial charge < -0.3 is 14.7 Å². The van der Waals surface area contributed by atoms with Gasteiger partial charge in [-0.05, 0) is 29.8 Å². The predicted octanol–water partition coefficient (Wildman–Crippen LogP) is 3.41. The molecule has 34 heavy (non-hydrogen) atoms. The van der Waals surface area contributed by atoms with Crippen molar-refractivity contribution in [2.45, 2.75) is 19.1 Å². The third-order valence-electron chi connectivity index (χ3n) is 6.21. The van der Waals surface area contributed by atoms with Crippen molar-refractivity contribution in [2.24, 2.45) is 5.92 Å². The van der Waals surface area contributed by atoms with Gasteiger partial charge >= 0.3 is 6.18 Å². The van der Waals surface area contributed by atoms with Crippen molar-refractivity contribution in [3.05, 3.63) is 53.7 Å². The van der Waals surface area contributed by atoms with E-state index in [1.165, 1.54) is 22.3 Å². The number of nitrogens with zero attached hydrogens (tertiary/aromatic N) is 5. The molecule has 2 amide bonds.